The lowest BCUT2D eigenvalue weighted by Crippen LogP contribution is -2.65. The Labute approximate surface area is 196 Å². The van der Waals surface area contributed by atoms with Crippen LogP contribution in [-0.2, 0) is 6.42 Å². The third kappa shape index (κ3) is 3.48. The van der Waals surface area contributed by atoms with E-state index in [0.29, 0.717) is 30.0 Å². The summed E-state index contributed by atoms with van der Waals surface area (Å²) in [6, 6.07) is 0. The summed E-state index contributed by atoms with van der Waals surface area (Å²) >= 11 is 0. The van der Waals surface area contributed by atoms with E-state index in [0.717, 1.165) is 44.9 Å². The molecule has 7 heteroatoms. The second-order valence-corrected chi connectivity index (χ2v) is 12.6. The molecule has 0 amide bonds. The molecule has 0 aliphatic heterocycles. The Morgan fingerprint density at radius 2 is 1.88 bits per heavy atom. The topological polar surface area (TPSA) is 122 Å². The number of H-pyrrole nitrogens is 2. The maximum atomic E-state index is 11.8. The number of aromatic amines is 2. The Bertz CT molecular complexity index is 915. The smallest absolute Gasteiger partial charge is 0.340 e. The summed E-state index contributed by atoms with van der Waals surface area (Å²) in [5, 5.41) is 40.6. The van der Waals surface area contributed by atoms with Gasteiger partial charge in [0, 0.05) is 6.42 Å². The molecule has 5 N–H and O–H groups in total. The molecular weight excluding hydrogens is 418 g/mol. The first-order valence-electron chi connectivity index (χ1n) is 13.3. The van der Waals surface area contributed by atoms with Crippen molar-refractivity contribution >= 4 is 0 Å². The fourth-order valence-electron chi connectivity index (χ4n) is 9.90. The molecule has 0 bridgehead atoms. The second kappa shape index (κ2) is 8.20. The summed E-state index contributed by atoms with van der Waals surface area (Å²) in [5.41, 5.74) is -0.323. The zero-order chi connectivity index (χ0) is 23.7. The van der Waals surface area contributed by atoms with Crippen LogP contribution in [0.4, 0.5) is 0 Å². The minimum atomic E-state index is -0.426. The molecule has 4 saturated carbocycles. The number of nitrogens with one attached hydrogen (secondary N) is 2. The van der Waals surface area contributed by atoms with Crippen LogP contribution >= 0.6 is 0 Å². The van der Waals surface area contributed by atoms with E-state index in [4.69, 9.17) is 0 Å². The highest BCUT2D eigenvalue weighted by molar-refractivity contribution is 5.16. The normalized spacial score (nSPS) is 50.3. The van der Waals surface area contributed by atoms with Gasteiger partial charge in [-0.15, -0.1) is 0 Å². The molecule has 1 heterocycles. The van der Waals surface area contributed by atoms with Crippen LogP contribution in [-0.4, -0.2) is 48.8 Å². The van der Waals surface area contributed by atoms with Gasteiger partial charge in [0.2, 0.25) is 0 Å². The maximum absolute atomic E-state index is 11.8. The number of aliphatic hydroxyl groups excluding tert-OH is 3. The zero-order valence-corrected chi connectivity index (χ0v) is 20.6. The molecule has 0 aromatic carbocycles. The van der Waals surface area contributed by atoms with Crippen LogP contribution in [0.15, 0.2) is 4.79 Å². The van der Waals surface area contributed by atoms with Crippen LogP contribution in [0.2, 0.25) is 0 Å². The SMILES string of the molecule is CC[C@H]1[C@@H](O)C2C3CC[C@H]([C@H](C)Cc4n[nH]c(=O)[nH]4)[C@@]3(C)C[C@H](O)C2[C@@]2(C)CC[C@@H](O)C[C@@H]12. The average Bonchev–Trinajstić information content (AvgIpc) is 3.31. The number of rotatable bonds is 4. The van der Waals surface area contributed by atoms with Gasteiger partial charge in [0.25, 0.3) is 0 Å². The average molecular weight is 462 g/mol. The summed E-state index contributed by atoms with van der Waals surface area (Å²) in [6.07, 6.45) is 5.97. The van der Waals surface area contributed by atoms with E-state index >= 15 is 0 Å². The van der Waals surface area contributed by atoms with Crippen LogP contribution in [0.3, 0.4) is 0 Å². The molecule has 7 nitrogen and oxygen atoms in total. The van der Waals surface area contributed by atoms with E-state index in [9.17, 15) is 20.1 Å². The molecule has 4 aliphatic rings. The first kappa shape index (κ1) is 23.6. The third-order valence-electron chi connectivity index (χ3n) is 11.2. The van der Waals surface area contributed by atoms with E-state index in [2.05, 4.69) is 42.9 Å². The van der Waals surface area contributed by atoms with Crippen molar-refractivity contribution in [1.82, 2.24) is 15.2 Å². The summed E-state index contributed by atoms with van der Waals surface area (Å²) < 4.78 is 0. The van der Waals surface area contributed by atoms with Crippen LogP contribution in [0.1, 0.15) is 78.5 Å². The molecular formula is C26H43N3O4. The molecule has 33 heavy (non-hydrogen) atoms. The fourth-order valence-corrected chi connectivity index (χ4v) is 9.90. The van der Waals surface area contributed by atoms with Crippen LogP contribution in [0.5, 0.6) is 0 Å². The number of hydrogen-bond acceptors (Lipinski definition) is 5. The van der Waals surface area contributed by atoms with Gasteiger partial charge in [0.1, 0.15) is 5.82 Å². The Hall–Kier alpha value is -1.18. The van der Waals surface area contributed by atoms with Crippen molar-refractivity contribution in [3.63, 3.8) is 0 Å². The van der Waals surface area contributed by atoms with Gasteiger partial charge in [0.15, 0.2) is 0 Å². The second-order valence-electron chi connectivity index (χ2n) is 12.6. The molecule has 5 rings (SSSR count). The van der Waals surface area contributed by atoms with E-state index in [1.165, 1.54) is 0 Å². The van der Waals surface area contributed by atoms with Crippen molar-refractivity contribution in [1.29, 1.82) is 0 Å². The van der Waals surface area contributed by atoms with Gasteiger partial charge >= 0.3 is 5.69 Å². The number of aliphatic hydroxyl groups is 3. The predicted octanol–water partition coefficient (Wildman–Crippen LogP) is 2.87. The molecule has 186 valence electrons. The molecule has 4 fully saturated rings. The number of hydrogen-bond donors (Lipinski definition) is 5. The quantitative estimate of drug-likeness (QED) is 0.472. The fraction of sp³-hybridized carbons (Fsp3) is 0.923. The van der Waals surface area contributed by atoms with E-state index < -0.39 is 12.2 Å². The Morgan fingerprint density at radius 1 is 1.12 bits per heavy atom. The largest absolute Gasteiger partial charge is 0.393 e. The highest BCUT2D eigenvalue weighted by Gasteiger charge is 2.67. The van der Waals surface area contributed by atoms with E-state index in [1.807, 2.05) is 0 Å². The molecule has 4 aliphatic carbocycles. The van der Waals surface area contributed by atoms with Crippen molar-refractivity contribution in [2.45, 2.75) is 97.4 Å². The molecule has 0 saturated heterocycles. The van der Waals surface area contributed by atoms with Crippen molar-refractivity contribution in [2.75, 3.05) is 0 Å². The standard InChI is InChI=1S/C26H43N3O4/c1-5-15-18-11-14(30)8-9-25(18,3)22-19(31)12-26(4)16(6-7-17(26)21(22)23(15)32)13(2)10-20-27-24(33)29-28-20/h13-19,21-23,30-32H,5-12H2,1-4H3,(H2,27,28,29,33)/t13-,14-,15-,16-,17?,18+,19+,21?,22?,23-,25+,26-/m1/s1. The van der Waals surface area contributed by atoms with Crippen molar-refractivity contribution in [2.24, 2.45) is 52.3 Å². The minimum absolute atomic E-state index is 0.0250. The van der Waals surface area contributed by atoms with Gasteiger partial charge in [-0.05, 0) is 90.8 Å². The summed E-state index contributed by atoms with van der Waals surface area (Å²) in [7, 11) is 0. The molecule has 0 spiro atoms. The summed E-state index contributed by atoms with van der Waals surface area (Å²) in [5.74, 6) is 2.52. The summed E-state index contributed by atoms with van der Waals surface area (Å²) in [6.45, 7) is 9.13. The lowest BCUT2D eigenvalue weighted by atomic mass is 9.40. The molecule has 3 unspecified atom stereocenters. The molecule has 1 aromatic rings. The Morgan fingerprint density at radius 3 is 2.55 bits per heavy atom. The maximum Gasteiger partial charge on any atom is 0.340 e. The monoisotopic (exact) mass is 461 g/mol. The zero-order valence-electron chi connectivity index (χ0n) is 20.6. The van der Waals surface area contributed by atoms with Gasteiger partial charge in [-0.3, -0.25) is 4.98 Å². The van der Waals surface area contributed by atoms with Crippen LogP contribution in [0.25, 0.3) is 0 Å². The van der Waals surface area contributed by atoms with E-state index in [-0.39, 0.29) is 46.3 Å². The van der Waals surface area contributed by atoms with Crippen LogP contribution in [0, 0.1) is 52.3 Å². The van der Waals surface area contributed by atoms with Crippen molar-refractivity contribution < 1.29 is 15.3 Å². The minimum Gasteiger partial charge on any atom is -0.393 e. The lowest BCUT2D eigenvalue weighted by Gasteiger charge is -2.66. The van der Waals surface area contributed by atoms with Crippen molar-refractivity contribution in [3.05, 3.63) is 16.3 Å². The first-order valence-corrected chi connectivity index (χ1v) is 13.3. The Balaban J connectivity index is 1.46. The third-order valence-corrected chi connectivity index (χ3v) is 11.2. The summed E-state index contributed by atoms with van der Waals surface area (Å²) in [4.78, 5) is 14.3. The molecule has 1 aromatic heterocycles. The van der Waals surface area contributed by atoms with Gasteiger partial charge in [0.05, 0.1) is 18.3 Å². The molecule has 12 atom stereocenters. The number of nitrogens with zero attached hydrogens (tertiary/aromatic N) is 1. The highest BCUT2D eigenvalue weighted by atomic mass is 16.3. The van der Waals surface area contributed by atoms with Crippen LogP contribution < -0.4 is 5.69 Å². The van der Waals surface area contributed by atoms with Crippen molar-refractivity contribution in [3.8, 4) is 0 Å². The number of fused-ring (bicyclic) bond motifs is 5. The Kier molecular flexibility index (Phi) is 5.85. The van der Waals surface area contributed by atoms with Gasteiger partial charge in [-0.1, -0.05) is 34.1 Å². The predicted molar refractivity (Wildman–Crippen MR) is 125 cm³/mol. The van der Waals surface area contributed by atoms with Gasteiger partial charge in [-0.25, -0.2) is 9.89 Å². The number of aromatic nitrogens is 3. The highest BCUT2D eigenvalue weighted by Crippen LogP contribution is 2.69. The van der Waals surface area contributed by atoms with Gasteiger partial charge in [-0.2, -0.15) is 5.10 Å². The first-order chi connectivity index (χ1) is 15.6. The van der Waals surface area contributed by atoms with E-state index in [1.54, 1.807) is 0 Å². The van der Waals surface area contributed by atoms with Gasteiger partial charge < -0.3 is 15.3 Å². The molecule has 0 radical (unpaired) electrons. The lowest BCUT2D eigenvalue weighted by molar-refractivity contribution is -0.235.